The van der Waals surface area contributed by atoms with Gasteiger partial charge in [0.05, 0.1) is 22.4 Å². The molecule has 0 amide bonds. The molecule has 0 bridgehead atoms. The zero-order chi connectivity index (χ0) is 44.3. The Labute approximate surface area is 388 Å². The van der Waals surface area contributed by atoms with Gasteiger partial charge >= 0.3 is 0 Å². The zero-order valence-electron chi connectivity index (χ0n) is 36.5. The second-order valence-corrected chi connectivity index (χ2v) is 17.3. The van der Waals surface area contributed by atoms with Crippen molar-refractivity contribution in [3.8, 4) is 73.0 Å². The van der Waals surface area contributed by atoms with Crippen LogP contribution < -0.4 is 0 Å². The number of fused-ring (bicyclic) bond motifs is 7. The van der Waals surface area contributed by atoms with Crippen molar-refractivity contribution in [3.63, 3.8) is 0 Å². The van der Waals surface area contributed by atoms with Crippen LogP contribution in [0.15, 0.2) is 249 Å². The van der Waals surface area contributed by atoms with Gasteiger partial charge in [0, 0.05) is 33.2 Å². The van der Waals surface area contributed by atoms with Gasteiger partial charge in [0.1, 0.15) is 0 Å². The third-order valence-electron chi connectivity index (χ3n) is 13.4. The Hall–Kier alpha value is -8.92. The van der Waals surface area contributed by atoms with Crippen molar-refractivity contribution in [1.29, 1.82) is 0 Å². The SMILES string of the molecule is c1ccc(-c2cccc(-c3cc(-c4cccc(-c5ccc6c(c5)c5ccccc5n6-c5ccccc5)c4)nc(-c4ccc(-c5c6ccccc6cc6c5ccc5ccccc56)cc4)n3)c2)cc1. The van der Waals surface area contributed by atoms with Crippen molar-refractivity contribution in [2.75, 3.05) is 0 Å². The lowest BCUT2D eigenvalue weighted by Gasteiger charge is -2.15. The van der Waals surface area contributed by atoms with Crippen molar-refractivity contribution >= 4 is 54.1 Å². The van der Waals surface area contributed by atoms with E-state index in [1.807, 2.05) is 0 Å². The summed E-state index contributed by atoms with van der Waals surface area (Å²) in [5.74, 6) is 0.679. The van der Waals surface area contributed by atoms with E-state index in [0.717, 1.165) is 56.0 Å². The first-order valence-corrected chi connectivity index (χ1v) is 22.9. The van der Waals surface area contributed by atoms with Gasteiger partial charge < -0.3 is 4.57 Å². The molecule has 0 spiro atoms. The van der Waals surface area contributed by atoms with E-state index >= 15 is 0 Å². The fourth-order valence-corrected chi connectivity index (χ4v) is 10.1. The smallest absolute Gasteiger partial charge is 0.160 e. The minimum absolute atomic E-state index is 0.679. The molecule has 0 unspecified atom stereocenters. The summed E-state index contributed by atoms with van der Waals surface area (Å²) in [4.78, 5) is 10.7. The molecule has 0 aliphatic rings. The molecule has 0 fully saturated rings. The molecular formula is C64H41N3. The van der Waals surface area contributed by atoms with Crippen molar-refractivity contribution in [1.82, 2.24) is 14.5 Å². The molecule has 312 valence electrons. The summed E-state index contributed by atoms with van der Waals surface area (Å²) in [6, 6.07) is 89.4. The molecule has 2 aromatic heterocycles. The second kappa shape index (κ2) is 16.0. The predicted octanol–water partition coefficient (Wildman–Crippen LogP) is 17.0. The molecule has 3 nitrogen and oxygen atoms in total. The first-order chi connectivity index (χ1) is 33.2. The van der Waals surface area contributed by atoms with Gasteiger partial charge in [-0.15, -0.1) is 0 Å². The van der Waals surface area contributed by atoms with Crippen LogP contribution in [0.3, 0.4) is 0 Å². The van der Waals surface area contributed by atoms with Gasteiger partial charge in [-0.1, -0.05) is 194 Å². The number of para-hydroxylation sites is 2. The van der Waals surface area contributed by atoms with Crippen LogP contribution in [0, 0.1) is 0 Å². The molecule has 3 heteroatoms. The molecule has 0 aliphatic heterocycles. The van der Waals surface area contributed by atoms with Gasteiger partial charge in [0.25, 0.3) is 0 Å². The Kier molecular flexibility index (Phi) is 9.17. The van der Waals surface area contributed by atoms with Crippen LogP contribution in [0.4, 0.5) is 0 Å². The minimum atomic E-state index is 0.679. The highest BCUT2D eigenvalue weighted by atomic mass is 15.0. The average Bonchev–Trinajstić information content (AvgIpc) is 3.74. The molecule has 0 atom stereocenters. The summed E-state index contributed by atoms with van der Waals surface area (Å²) < 4.78 is 2.36. The number of hydrogen-bond acceptors (Lipinski definition) is 2. The normalized spacial score (nSPS) is 11.6. The largest absolute Gasteiger partial charge is 0.309 e. The fourth-order valence-electron chi connectivity index (χ4n) is 10.1. The second-order valence-electron chi connectivity index (χ2n) is 17.3. The summed E-state index contributed by atoms with van der Waals surface area (Å²) in [5, 5.41) is 9.92. The molecule has 13 rings (SSSR count). The van der Waals surface area contributed by atoms with Crippen molar-refractivity contribution in [2.45, 2.75) is 0 Å². The van der Waals surface area contributed by atoms with E-state index in [9.17, 15) is 0 Å². The summed E-state index contributed by atoms with van der Waals surface area (Å²) >= 11 is 0. The highest BCUT2D eigenvalue weighted by Gasteiger charge is 2.17. The van der Waals surface area contributed by atoms with Crippen molar-refractivity contribution in [3.05, 3.63) is 249 Å². The fraction of sp³-hybridized carbons (Fsp3) is 0. The van der Waals surface area contributed by atoms with Crippen LogP contribution >= 0.6 is 0 Å². The van der Waals surface area contributed by atoms with E-state index in [1.54, 1.807) is 0 Å². The molecule has 0 radical (unpaired) electrons. The maximum Gasteiger partial charge on any atom is 0.160 e. The maximum absolute atomic E-state index is 5.36. The van der Waals surface area contributed by atoms with Crippen LogP contribution in [-0.2, 0) is 0 Å². The van der Waals surface area contributed by atoms with Crippen LogP contribution in [0.1, 0.15) is 0 Å². The first-order valence-electron chi connectivity index (χ1n) is 22.9. The van der Waals surface area contributed by atoms with Crippen LogP contribution in [0.2, 0.25) is 0 Å². The predicted molar refractivity (Wildman–Crippen MR) is 282 cm³/mol. The lowest BCUT2D eigenvalue weighted by Crippen LogP contribution is -1.96. The number of benzene rings is 11. The Morgan fingerprint density at radius 2 is 0.791 bits per heavy atom. The third kappa shape index (κ3) is 6.76. The summed E-state index contributed by atoms with van der Waals surface area (Å²) in [7, 11) is 0. The van der Waals surface area contributed by atoms with Crippen molar-refractivity contribution in [2.24, 2.45) is 0 Å². The van der Waals surface area contributed by atoms with E-state index < -0.39 is 0 Å². The molecule has 11 aromatic carbocycles. The Morgan fingerprint density at radius 1 is 0.254 bits per heavy atom. The minimum Gasteiger partial charge on any atom is -0.309 e. The average molecular weight is 852 g/mol. The lowest BCUT2D eigenvalue weighted by atomic mass is 9.89. The number of rotatable bonds is 7. The topological polar surface area (TPSA) is 30.7 Å². The quantitative estimate of drug-likeness (QED) is 0.118. The Bertz CT molecular complexity index is 4020. The maximum atomic E-state index is 5.36. The van der Waals surface area contributed by atoms with Crippen LogP contribution in [-0.4, -0.2) is 14.5 Å². The van der Waals surface area contributed by atoms with Crippen LogP contribution in [0.5, 0.6) is 0 Å². The monoisotopic (exact) mass is 851 g/mol. The molecular weight excluding hydrogens is 811 g/mol. The zero-order valence-corrected chi connectivity index (χ0v) is 36.5. The number of aromatic nitrogens is 3. The van der Waals surface area contributed by atoms with Crippen molar-refractivity contribution < 1.29 is 0 Å². The van der Waals surface area contributed by atoms with Gasteiger partial charge in [-0.25, -0.2) is 9.97 Å². The van der Waals surface area contributed by atoms with E-state index in [-0.39, 0.29) is 0 Å². The van der Waals surface area contributed by atoms with E-state index in [1.165, 1.54) is 65.3 Å². The van der Waals surface area contributed by atoms with Gasteiger partial charge in [-0.05, 0) is 120 Å². The number of nitrogens with zero attached hydrogens (tertiary/aromatic N) is 3. The molecule has 67 heavy (non-hydrogen) atoms. The molecule has 13 aromatic rings. The molecule has 0 aliphatic carbocycles. The van der Waals surface area contributed by atoms with Crippen LogP contribution in [0.25, 0.3) is 127 Å². The van der Waals surface area contributed by atoms with Gasteiger partial charge in [0.15, 0.2) is 5.82 Å². The molecule has 0 saturated carbocycles. The Balaban J connectivity index is 0.943. The first kappa shape index (κ1) is 38.5. The third-order valence-corrected chi connectivity index (χ3v) is 13.4. The molecule has 0 N–H and O–H groups in total. The summed E-state index contributed by atoms with van der Waals surface area (Å²) in [5.41, 5.74) is 15.3. The standard InChI is InChI=1S/C64H41N3/c1-3-15-42(16-4-1)46-19-13-21-50(37-46)59-41-60(51-22-14-20-47(38-51)48-34-36-62-58(39-48)55-27-11-12-28-61(55)67(62)52-23-5-2-6-24-52)66-64(65-59)45-31-29-44(30-32-45)63-54-26-10-8-18-49(54)40-57-53-25-9-7-17-43(53)33-35-56(57)63/h1-41H. The summed E-state index contributed by atoms with van der Waals surface area (Å²) in [6.07, 6.45) is 0. The highest BCUT2D eigenvalue weighted by Crippen LogP contribution is 2.41. The van der Waals surface area contributed by atoms with E-state index in [0.29, 0.717) is 5.82 Å². The van der Waals surface area contributed by atoms with Gasteiger partial charge in [0.2, 0.25) is 0 Å². The van der Waals surface area contributed by atoms with E-state index in [4.69, 9.17) is 9.97 Å². The highest BCUT2D eigenvalue weighted by molar-refractivity contribution is 6.20. The van der Waals surface area contributed by atoms with Gasteiger partial charge in [-0.3, -0.25) is 0 Å². The Morgan fingerprint density at radius 3 is 1.54 bits per heavy atom. The lowest BCUT2D eigenvalue weighted by molar-refractivity contribution is 1.18. The number of hydrogen-bond donors (Lipinski definition) is 0. The van der Waals surface area contributed by atoms with Gasteiger partial charge in [-0.2, -0.15) is 0 Å². The molecule has 2 heterocycles. The molecule has 0 saturated heterocycles. The summed E-state index contributed by atoms with van der Waals surface area (Å²) in [6.45, 7) is 0. The van der Waals surface area contributed by atoms with E-state index in [2.05, 4.69) is 253 Å².